The van der Waals surface area contributed by atoms with Gasteiger partial charge in [0.15, 0.2) is 0 Å². The maximum absolute atomic E-state index is 14.1. The number of piperazine rings is 2. The molecule has 0 saturated carbocycles. The fourth-order valence-corrected chi connectivity index (χ4v) is 7.02. The minimum absolute atomic E-state index is 0. The van der Waals surface area contributed by atoms with E-state index in [4.69, 9.17) is 11.5 Å². The first-order chi connectivity index (χ1) is 27.3. The minimum Gasteiger partial charge on any atom is -0.383 e. The normalized spacial score (nSPS) is 17.2. The second-order valence-corrected chi connectivity index (χ2v) is 15.5. The van der Waals surface area contributed by atoms with E-state index < -0.39 is 34.6 Å². The number of rotatable bonds is 12. The second-order valence-electron chi connectivity index (χ2n) is 15.5. The highest BCUT2D eigenvalue weighted by molar-refractivity contribution is 6.13. The molecular formula is C42H62F4N10O2. The Morgan fingerprint density at radius 2 is 1.09 bits per heavy atom. The van der Waals surface area contributed by atoms with Crippen LogP contribution >= 0.6 is 0 Å². The van der Waals surface area contributed by atoms with Gasteiger partial charge in [0.05, 0.1) is 11.1 Å². The van der Waals surface area contributed by atoms with Crippen LogP contribution in [0.25, 0.3) is 11.7 Å². The van der Waals surface area contributed by atoms with E-state index in [0.717, 1.165) is 0 Å². The minimum atomic E-state index is -1.30. The average molecular weight is 815 g/mol. The van der Waals surface area contributed by atoms with E-state index in [1.54, 1.807) is 52.0 Å². The molecule has 6 heterocycles. The summed E-state index contributed by atoms with van der Waals surface area (Å²) in [4.78, 5) is 46.6. The average Bonchev–Trinajstić information content (AvgIpc) is 3.16. The van der Waals surface area contributed by atoms with E-state index in [2.05, 4.69) is 43.7 Å². The molecule has 6 rings (SSSR count). The SMILES string of the molecule is C=C(F)c1ccc(N2CCN[C@@H](CC(C)(C)F)C2)nc1C(=O)c1cccnc1N.C=C(F)c1ccc(N2CCN[C@H](CC(C)(C)F)C2)nc1C(=O)c1cccnc1N.[HH].[HH].[HH].[HH].[HH].[HH]. The molecule has 2 saturated heterocycles. The first-order valence-electron chi connectivity index (χ1n) is 18.9. The van der Waals surface area contributed by atoms with Crippen LogP contribution in [-0.2, 0) is 0 Å². The van der Waals surface area contributed by atoms with Crippen molar-refractivity contribution in [2.45, 2.75) is 64.0 Å². The van der Waals surface area contributed by atoms with Crippen LogP contribution in [-0.4, -0.2) is 94.2 Å². The van der Waals surface area contributed by atoms with Gasteiger partial charge in [-0.05, 0) is 89.1 Å². The largest absolute Gasteiger partial charge is 0.383 e. The number of nitrogens with one attached hydrogen (secondary N) is 2. The molecule has 0 radical (unpaired) electrons. The molecule has 2 aliphatic heterocycles. The third-order valence-corrected chi connectivity index (χ3v) is 9.56. The maximum Gasteiger partial charge on any atom is 0.215 e. The molecule has 0 bridgehead atoms. The van der Waals surface area contributed by atoms with Crippen LogP contribution in [0.2, 0.25) is 0 Å². The number of ketones is 2. The van der Waals surface area contributed by atoms with Gasteiger partial charge in [-0.2, -0.15) is 0 Å². The zero-order valence-electron chi connectivity index (χ0n) is 33.2. The molecule has 0 spiro atoms. The highest BCUT2D eigenvalue weighted by atomic mass is 19.1. The summed E-state index contributed by atoms with van der Waals surface area (Å²) < 4.78 is 56.1. The van der Waals surface area contributed by atoms with Crippen LogP contribution in [0, 0.1) is 0 Å². The summed E-state index contributed by atoms with van der Waals surface area (Å²) in [5, 5.41) is 6.60. The Balaban J connectivity index is 0. The van der Waals surface area contributed by atoms with Crippen LogP contribution in [0.15, 0.2) is 74.1 Å². The van der Waals surface area contributed by atoms with Gasteiger partial charge in [0, 0.05) is 83.4 Å². The Hall–Kier alpha value is -5.74. The number of hydrogen-bond acceptors (Lipinski definition) is 12. The Morgan fingerprint density at radius 1 is 0.707 bits per heavy atom. The predicted octanol–water partition coefficient (Wildman–Crippen LogP) is 7.77. The smallest absolute Gasteiger partial charge is 0.215 e. The monoisotopic (exact) mass is 814 g/mol. The third-order valence-electron chi connectivity index (χ3n) is 9.56. The van der Waals surface area contributed by atoms with Crippen molar-refractivity contribution in [3.8, 4) is 0 Å². The summed E-state index contributed by atoms with van der Waals surface area (Å²) in [6.45, 7) is 16.4. The summed E-state index contributed by atoms with van der Waals surface area (Å²) in [6, 6.07) is 12.3. The third kappa shape index (κ3) is 11.2. The lowest BCUT2D eigenvalue weighted by atomic mass is 9.99. The lowest BCUT2D eigenvalue weighted by molar-refractivity contribution is 0.102. The Morgan fingerprint density at radius 3 is 1.41 bits per heavy atom. The fraction of sp³-hybridized carbons (Fsp3) is 0.381. The quantitative estimate of drug-likeness (QED) is 0.0812. The van der Waals surface area contributed by atoms with E-state index in [-0.39, 0.29) is 65.9 Å². The number of carbonyl (C=O) groups is 2. The summed E-state index contributed by atoms with van der Waals surface area (Å²) in [6.07, 6.45) is 3.64. The molecule has 2 aliphatic rings. The molecule has 0 aliphatic carbocycles. The Bertz CT molecular complexity index is 2030. The molecule has 0 amide bonds. The Labute approximate surface area is 344 Å². The number of aromatic nitrogens is 4. The van der Waals surface area contributed by atoms with Gasteiger partial charge in [0.2, 0.25) is 11.6 Å². The van der Waals surface area contributed by atoms with E-state index in [1.807, 2.05) is 9.80 Å². The molecule has 4 aromatic heterocycles. The van der Waals surface area contributed by atoms with Gasteiger partial charge in [0.1, 0.15) is 57.7 Å². The van der Waals surface area contributed by atoms with E-state index >= 15 is 0 Å². The number of halogens is 4. The molecule has 4 aromatic rings. The van der Waals surface area contributed by atoms with Crippen molar-refractivity contribution >= 4 is 46.5 Å². The van der Waals surface area contributed by atoms with Crippen molar-refractivity contribution in [1.82, 2.24) is 30.6 Å². The van der Waals surface area contributed by atoms with Crippen molar-refractivity contribution in [2.75, 3.05) is 60.5 Å². The topological polar surface area (TPSA) is 168 Å². The van der Waals surface area contributed by atoms with Crippen LogP contribution in [0.4, 0.5) is 40.8 Å². The predicted molar refractivity (Wildman–Crippen MR) is 233 cm³/mol. The van der Waals surface area contributed by atoms with Gasteiger partial charge >= 0.3 is 0 Å². The lowest BCUT2D eigenvalue weighted by Crippen LogP contribution is -2.52. The van der Waals surface area contributed by atoms with Crippen molar-refractivity contribution in [3.05, 3.63) is 108 Å². The van der Waals surface area contributed by atoms with Crippen LogP contribution in [0.5, 0.6) is 0 Å². The molecule has 6 N–H and O–H groups in total. The van der Waals surface area contributed by atoms with Crippen LogP contribution in [0.1, 0.15) is 92.3 Å². The second kappa shape index (κ2) is 18.2. The summed E-state index contributed by atoms with van der Waals surface area (Å²) >= 11 is 0. The zero-order valence-corrected chi connectivity index (χ0v) is 33.2. The molecule has 320 valence electrons. The molecule has 12 nitrogen and oxygen atoms in total. The number of nitrogens with two attached hydrogens (primary N) is 2. The van der Waals surface area contributed by atoms with Gasteiger partial charge in [-0.15, -0.1) is 0 Å². The summed E-state index contributed by atoms with van der Waals surface area (Å²) in [7, 11) is 0. The van der Waals surface area contributed by atoms with Gasteiger partial charge in [-0.25, -0.2) is 37.5 Å². The molecule has 2 atom stereocenters. The van der Waals surface area contributed by atoms with Gasteiger partial charge in [-0.1, -0.05) is 13.2 Å². The number of hydrogen-bond donors (Lipinski definition) is 4. The number of anilines is 4. The molecular weight excluding hydrogens is 753 g/mol. The molecule has 58 heavy (non-hydrogen) atoms. The standard InChI is InChI=1S/2C21H25F2N5O.6H2/c2*1-13(22)15-6-7-17(28-10-9-25-14(12-28)11-21(2,3)23)27-18(15)19(29)16-5-4-8-26-20(16)24;;;;;;/h2*4-8,14,25H,1,9-12H2,2-3H3,(H2,24,26);6*1H/t2*14-;;;;;;/m10....../s1. The number of pyridine rings is 4. The number of carbonyl (C=O) groups excluding carboxylic acids is 2. The van der Waals surface area contributed by atoms with Crippen LogP contribution < -0.4 is 31.9 Å². The fourth-order valence-electron chi connectivity index (χ4n) is 7.02. The van der Waals surface area contributed by atoms with E-state index in [9.17, 15) is 27.2 Å². The molecule has 2 fully saturated rings. The number of nitrogens with zero attached hydrogens (tertiary/aromatic N) is 6. The highest BCUT2D eigenvalue weighted by Gasteiger charge is 2.30. The molecule has 0 aromatic carbocycles. The number of nitrogen functional groups attached to an aromatic ring is 2. The van der Waals surface area contributed by atoms with Crippen LogP contribution in [0.3, 0.4) is 0 Å². The Kier molecular flexibility index (Phi) is 13.6. The first kappa shape index (κ1) is 43.4. The first-order valence-corrected chi connectivity index (χ1v) is 18.9. The van der Waals surface area contributed by atoms with E-state index in [1.165, 1.54) is 36.7 Å². The van der Waals surface area contributed by atoms with Crippen molar-refractivity contribution in [1.29, 1.82) is 0 Å². The molecule has 0 unspecified atom stereocenters. The van der Waals surface area contributed by atoms with Gasteiger partial charge < -0.3 is 31.9 Å². The summed E-state index contributed by atoms with van der Waals surface area (Å²) in [5.41, 5.74) is 9.20. The lowest BCUT2D eigenvalue weighted by Gasteiger charge is -2.36. The van der Waals surface area contributed by atoms with Crippen molar-refractivity contribution in [2.24, 2.45) is 0 Å². The zero-order chi connectivity index (χ0) is 42.4. The van der Waals surface area contributed by atoms with Gasteiger partial charge in [0.25, 0.3) is 0 Å². The highest BCUT2D eigenvalue weighted by Crippen LogP contribution is 2.29. The van der Waals surface area contributed by atoms with E-state index in [0.29, 0.717) is 63.7 Å². The maximum atomic E-state index is 14.1. The summed E-state index contributed by atoms with van der Waals surface area (Å²) in [5.74, 6) is -1.43. The van der Waals surface area contributed by atoms with Crippen molar-refractivity contribution < 1.29 is 35.7 Å². The molecule has 16 heteroatoms. The van der Waals surface area contributed by atoms with Crippen molar-refractivity contribution in [3.63, 3.8) is 0 Å². The van der Waals surface area contributed by atoms with Gasteiger partial charge in [-0.3, -0.25) is 9.59 Å². The number of alkyl halides is 2.